The minimum atomic E-state index is 0.978. The van der Waals surface area contributed by atoms with E-state index in [0.717, 1.165) is 11.1 Å². The summed E-state index contributed by atoms with van der Waals surface area (Å²) in [6.45, 7) is 10.6. The fourth-order valence-electron chi connectivity index (χ4n) is 5.94. The number of benzene rings is 6. The second kappa shape index (κ2) is 11.4. The topological polar surface area (TPSA) is 26.0 Å². The molecule has 0 amide bonds. The molecule has 204 valence electrons. The van der Waals surface area contributed by atoms with Gasteiger partial charge in [0.1, 0.15) is 0 Å². The Labute approximate surface area is 248 Å². The molecular formula is C41H35N. The van der Waals surface area contributed by atoms with Crippen LogP contribution in [0.25, 0.3) is 60.1 Å². The van der Waals surface area contributed by atoms with Gasteiger partial charge < -0.3 is 5.73 Å². The standard InChI is InChI=1S/C41H35N/c1-27-15-16-32-19-22-34(26-35(32)24-27)41-38-13-7-5-11-36(38)40(37-12-6-8-14-39(37)41)33-20-17-31(18-21-33)30(4)25-29(3)28(2)10-9-23-42/h5-26H,3,42H2,1-2,4H3/b23-9-,28-10+,30-25+. The van der Waals surface area contributed by atoms with Crippen molar-refractivity contribution in [2.75, 3.05) is 0 Å². The average molecular weight is 542 g/mol. The molecule has 0 aliphatic carbocycles. The van der Waals surface area contributed by atoms with Crippen LogP contribution >= 0.6 is 0 Å². The summed E-state index contributed by atoms with van der Waals surface area (Å²) in [6.07, 6.45) is 7.48. The van der Waals surface area contributed by atoms with Crippen molar-refractivity contribution in [1.82, 2.24) is 0 Å². The molecule has 0 aliphatic rings. The Kier molecular flexibility index (Phi) is 7.33. The Hall–Kier alpha value is -5.14. The lowest BCUT2D eigenvalue weighted by molar-refractivity contribution is 1.43. The molecule has 0 unspecified atom stereocenters. The largest absolute Gasteiger partial charge is 0.405 e. The number of allylic oxidation sites excluding steroid dienone is 6. The summed E-state index contributed by atoms with van der Waals surface area (Å²) in [5, 5.41) is 7.59. The van der Waals surface area contributed by atoms with Crippen LogP contribution in [0, 0.1) is 6.92 Å². The van der Waals surface area contributed by atoms with E-state index in [1.165, 1.54) is 77.5 Å². The molecule has 6 aromatic rings. The molecule has 0 bridgehead atoms. The molecule has 0 heterocycles. The third-order valence-electron chi connectivity index (χ3n) is 8.20. The van der Waals surface area contributed by atoms with Crippen molar-refractivity contribution in [2.45, 2.75) is 20.8 Å². The first-order chi connectivity index (χ1) is 20.4. The Balaban J connectivity index is 1.50. The maximum Gasteiger partial charge on any atom is -0.00262 e. The van der Waals surface area contributed by atoms with E-state index in [9.17, 15) is 0 Å². The lowest BCUT2D eigenvalue weighted by atomic mass is 9.85. The zero-order valence-corrected chi connectivity index (χ0v) is 24.5. The number of rotatable bonds is 6. The highest BCUT2D eigenvalue weighted by Crippen LogP contribution is 2.44. The van der Waals surface area contributed by atoms with Crippen LogP contribution in [0.5, 0.6) is 0 Å². The Morgan fingerprint density at radius 1 is 0.643 bits per heavy atom. The maximum absolute atomic E-state index is 5.49. The number of nitrogens with two attached hydrogens (primary N) is 1. The smallest absolute Gasteiger partial charge is 0.00262 e. The zero-order valence-electron chi connectivity index (χ0n) is 24.5. The minimum Gasteiger partial charge on any atom is -0.405 e. The van der Waals surface area contributed by atoms with E-state index in [1.54, 1.807) is 0 Å². The summed E-state index contributed by atoms with van der Waals surface area (Å²) < 4.78 is 0. The van der Waals surface area contributed by atoms with Gasteiger partial charge in [0.05, 0.1) is 0 Å². The van der Waals surface area contributed by atoms with Gasteiger partial charge >= 0.3 is 0 Å². The van der Waals surface area contributed by atoms with Crippen LogP contribution < -0.4 is 5.73 Å². The fraction of sp³-hybridized carbons (Fsp3) is 0.0732. The van der Waals surface area contributed by atoms with Crippen molar-refractivity contribution in [3.05, 3.63) is 162 Å². The molecule has 1 heteroatoms. The van der Waals surface area contributed by atoms with Gasteiger partial charge in [-0.15, -0.1) is 0 Å². The number of fused-ring (bicyclic) bond motifs is 3. The highest BCUT2D eigenvalue weighted by Gasteiger charge is 2.16. The molecule has 0 fully saturated rings. The molecule has 6 rings (SSSR count). The molecule has 6 aromatic carbocycles. The van der Waals surface area contributed by atoms with Crippen LogP contribution in [0.4, 0.5) is 0 Å². The summed E-state index contributed by atoms with van der Waals surface area (Å²) in [6, 6.07) is 40.1. The van der Waals surface area contributed by atoms with Crippen molar-refractivity contribution >= 4 is 37.9 Å². The predicted molar refractivity (Wildman–Crippen MR) is 184 cm³/mol. The monoisotopic (exact) mass is 541 g/mol. The van der Waals surface area contributed by atoms with Crippen LogP contribution in [0.1, 0.15) is 25.0 Å². The van der Waals surface area contributed by atoms with Crippen LogP contribution in [0.3, 0.4) is 0 Å². The average Bonchev–Trinajstić information content (AvgIpc) is 3.02. The fourth-order valence-corrected chi connectivity index (χ4v) is 5.94. The molecule has 0 saturated heterocycles. The van der Waals surface area contributed by atoms with E-state index in [2.05, 4.69) is 136 Å². The third-order valence-corrected chi connectivity index (χ3v) is 8.20. The molecule has 0 atom stereocenters. The maximum atomic E-state index is 5.49. The van der Waals surface area contributed by atoms with Gasteiger partial charge in [-0.05, 0) is 116 Å². The first kappa shape index (κ1) is 27.1. The number of aryl methyl sites for hydroxylation is 1. The molecule has 0 aromatic heterocycles. The van der Waals surface area contributed by atoms with Crippen molar-refractivity contribution in [1.29, 1.82) is 0 Å². The van der Waals surface area contributed by atoms with Crippen molar-refractivity contribution in [3.8, 4) is 22.3 Å². The first-order valence-corrected chi connectivity index (χ1v) is 14.4. The summed E-state index contributed by atoms with van der Waals surface area (Å²) >= 11 is 0. The van der Waals surface area contributed by atoms with Gasteiger partial charge in [0.2, 0.25) is 0 Å². The van der Waals surface area contributed by atoms with E-state index >= 15 is 0 Å². The third kappa shape index (κ3) is 5.06. The highest BCUT2D eigenvalue weighted by atomic mass is 14.5. The van der Waals surface area contributed by atoms with E-state index in [0.29, 0.717) is 0 Å². The van der Waals surface area contributed by atoms with Gasteiger partial charge in [-0.25, -0.2) is 0 Å². The van der Waals surface area contributed by atoms with Crippen LogP contribution in [-0.4, -0.2) is 0 Å². The SMILES string of the molecule is C=C(/C=C(\C)c1ccc(-c2c3ccccc3c(-c3ccc4ccc(C)cc4c3)c3ccccc23)cc1)/C(C)=C/C=C\N. The van der Waals surface area contributed by atoms with Crippen molar-refractivity contribution in [2.24, 2.45) is 5.73 Å². The quantitative estimate of drug-likeness (QED) is 0.165. The van der Waals surface area contributed by atoms with E-state index in [1.807, 2.05) is 19.1 Å². The van der Waals surface area contributed by atoms with Crippen LogP contribution in [0.2, 0.25) is 0 Å². The van der Waals surface area contributed by atoms with Gasteiger partial charge in [0.15, 0.2) is 0 Å². The van der Waals surface area contributed by atoms with Crippen molar-refractivity contribution in [3.63, 3.8) is 0 Å². The van der Waals surface area contributed by atoms with E-state index in [-0.39, 0.29) is 0 Å². The Bertz CT molecular complexity index is 2010. The summed E-state index contributed by atoms with van der Waals surface area (Å²) in [5.41, 5.74) is 16.2. The normalized spacial score (nSPS) is 12.5. The van der Waals surface area contributed by atoms with Gasteiger partial charge in [-0.3, -0.25) is 0 Å². The molecule has 0 radical (unpaired) electrons. The van der Waals surface area contributed by atoms with Crippen LogP contribution in [0.15, 0.2) is 151 Å². The Morgan fingerprint density at radius 2 is 1.19 bits per heavy atom. The summed E-state index contributed by atoms with van der Waals surface area (Å²) in [4.78, 5) is 0. The van der Waals surface area contributed by atoms with Crippen molar-refractivity contribution < 1.29 is 0 Å². The lowest BCUT2D eigenvalue weighted by Gasteiger charge is -2.18. The first-order valence-electron chi connectivity index (χ1n) is 14.4. The number of hydrogen-bond donors (Lipinski definition) is 1. The number of hydrogen-bond acceptors (Lipinski definition) is 1. The van der Waals surface area contributed by atoms with Gasteiger partial charge in [0.25, 0.3) is 0 Å². The molecular weight excluding hydrogens is 506 g/mol. The molecule has 2 N–H and O–H groups in total. The predicted octanol–water partition coefficient (Wildman–Crippen LogP) is 11.2. The zero-order chi connectivity index (χ0) is 29.2. The van der Waals surface area contributed by atoms with E-state index in [4.69, 9.17) is 5.73 Å². The molecule has 0 saturated carbocycles. The summed E-state index contributed by atoms with van der Waals surface area (Å²) in [7, 11) is 0. The van der Waals surface area contributed by atoms with Gasteiger partial charge in [-0.1, -0.05) is 127 Å². The minimum absolute atomic E-state index is 0.978. The Morgan fingerprint density at radius 3 is 1.79 bits per heavy atom. The van der Waals surface area contributed by atoms with Gasteiger partial charge in [0, 0.05) is 0 Å². The van der Waals surface area contributed by atoms with Gasteiger partial charge in [-0.2, -0.15) is 0 Å². The van der Waals surface area contributed by atoms with Crippen LogP contribution in [-0.2, 0) is 0 Å². The molecule has 0 aliphatic heterocycles. The second-order valence-corrected chi connectivity index (χ2v) is 11.1. The second-order valence-electron chi connectivity index (χ2n) is 11.1. The van der Waals surface area contributed by atoms with E-state index < -0.39 is 0 Å². The lowest BCUT2D eigenvalue weighted by Crippen LogP contribution is -1.91. The molecule has 0 spiro atoms. The highest BCUT2D eigenvalue weighted by molar-refractivity contribution is 6.21. The summed E-state index contributed by atoms with van der Waals surface area (Å²) in [5.74, 6) is 0. The molecule has 42 heavy (non-hydrogen) atoms. The molecule has 1 nitrogen and oxygen atoms in total.